The normalized spacial score (nSPS) is 21.2. The van der Waals surface area contributed by atoms with Crippen molar-refractivity contribution >= 4 is 22.4 Å². The molecule has 2 atom stereocenters. The lowest BCUT2D eigenvalue weighted by Crippen LogP contribution is -2.36. The number of pyridine rings is 1. The van der Waals surface area contributed by atoms with E-state index < -0.39 is 0 Å². The summed E-state index contributed by atoms with van der Waals surface area (Å²) < 4.78 is 6.92. The second-order valence-electron chi connectivity index (χ2n) is 8.77. The molecule has 2 aliphatic rings. The minimum Gasteiger partial charge on any atom is -0.393 e. The lowest BCUT2D eigenvalue weighted by molar-refractivity contribution is 0.122. The Balaban J connectivity index is 1.47. The largest absolute Gasteiger partial charge is 0.393 e. The Kier molecular flexibility index (Phi) is 5.80. The summed E-state index contributed by atoms with van der Waals surface area (Å²) in [7, 11) is 1.70. The Hall–Kier alpha value is -2.97. The van der Waals surface area contributed by atoms with E-state index in [1.807, 2.05) is 6.07 Å². The van der Waals surface area contributed by atoms with E-state index >= 15 is 0 Å². The fraction of sp³-hybridized carbons (Fsp3) is 0.458. The van der Waals surface area contributed by atoms with Crippen molar-refractivity contribution in [3.05, 3.63) is 47.0 Å². The van der Waals surface area contributed by atoms with Crippen LogP contribution in [0.1, 0.15) is 19.3 Å². The third-order valence-corrected chi connectivity index (χ3v) is 6.51. The molecular formula is C24H29N5O3. The number of aryl methyl sites for hydroxylation is 1. The monoisotopic (exact) mass is 435 g/mol. The van der Waals surface area contributed by atoms with Crippen LogP contribution >= 0.6 is 0 Å². The van der Waals surface area contributed by atoms with Gasteiger partial charge in [0, 0.05) is 37.9 Å². The van der Waals surface area contributed by atoms with Crippen molar-refractivity contribution in [1.82, 2.24) is 14.5 Å². The predicted molar refractivity (Wildman–Crippen MR) is 125 cm³/mol. The van der Waals surface area contributed by atoms with Crippen LogP contribution < -0.4 is 15.8 Å². The number of nitrogens with zero attached hydrogens (tertiary/aromatic N) is 4. The van der Waals surface area contributed by atoms with Gasteiger partial charge in [-0.2, -0.15) is 0 Å². The van der Waals surface area contributed by atoms with Crippen LogP contribution in [0.5, 0.6) is 0 Å². The topological polar surface area (TPSA) is 92.5 Å². The zero-order chi connectivity index (χ0) is 22.1. The van der Waals surface area contributed by atoms with Crippen LogP contribution in [0.2, 0.25) is 0 Å². The van der Waals surface area contributed by atoms with Gasteiger partial charge in [-0.3, -0.25) is 4.79 Å². The molecule has 0 radical (unpaired) electrons. The van der Waals surface area contributed by atoms with E-state index in [9.17, 15) is 9.90 Å². The molecule has 5 rings (SSSR count). The molecule has 168 valence electrons. The summed E-state index contributed by atoms with van der Waals surface area (Å²) >= 11 is 0. The zero-order valence-corrected chi connectivity index (χ0v) is 18.3. The van der Waals surface area contributed by atoms with Crippen molar-refractivity contribution in [3.63, 3.8) is 0 Å². The van der Waals surface area contributed by atoms with Crippen molar-refractivity contribution in [2.24, 2.45) is 13.0 Å². The molecular weight excluding hydrogens is 406 g/mol. The Morgan fingerprint density at radius 2 is 1.97 bits per heavy atom. The summed E-state index contributed by atoms with van der Waals surface area (Å²) in [6, 6.07) is 10.2. The molecule has 0 amide bonds. The third kappa shape index (κ3) is 4.20. The first kappa shape index (κ1) is 20.9. The molecule has 0 bridgehead atoms. The molecule has 1 aliphatic heterocycles. The van der Waals surface area contributed by atoms with Crippen molar-refractivity contribution in [2.75, 3.05) is 43.1 Å². The molecule has 8 nitrogen and oxygen atoms in total. The highest BCUT2D eigenvalue weighted by molar-refractivity contribution is 5.91. The van der Waals surface area contributed by atoms with Crippen LogP contribution in [-0.2, 0) is 11.8 Å². The summed E-state index contributed by atoms with van der Waals surface area (Å²) in [5, 5.41) is 13.7. The fourth-order valence-electron chi connectivity index (χ4n) is 4.64. The van der Waals surface area contributed by atoms with E-state index in [2.05, 4.69) is 39.5 Å². The van der Waals surface area contributed by atoms with Crippen LogP contribution in [0, 0.1) is 5.92 Å². The lowest BCUT2D eigenvalue weighted by Gasteiger charge is -2.28. The van der Waals surface area contributed by atoms with Crippen molar-refractivity contribution in [3.8, 4) is 11.3 Å². The van der Waals surface area contributed by atoms with Crippen LogP contribution in [-0.4, -0.2) is 58.6 Å². The van der Waals surface area contributed by atoms with Crippen molar-refractivity contribution in [1.29, 1.82) is 0 Å². The van der Waals surface area contributed by atoms with Crippen LogP contribution in [0.25, 0.3) is 22.2 Å². The number of nitrogens with one attached hydrogen (secondary N) is 1. The van der Waals surface area contributed by atoms with Crippen LogP contribution in [0.15, 0.2) is 41.5 Å². The van der Waals surface area contributed by atoms with Gasteiger partial charge in [-0.05, 0) is 43.4 Å². The summed E-state index contributed by atoms with van der Waals surface area (Å²) in [6.45, 7) is 3.97. The minimum absolute atomic E-state index is 0.120. The van der Waals surface area contributed by atoms with Gasteiger partial charge in [0.15, 0.2) is 0 Å². The van der Waals surface area contributed by atoms with Crippen LogP contribution in [0.4, 0.5) is 11.5 Å². The van der Waals surface area contributed by atoms with E-state index in [1.54, 1.807) is 13.4 Å². The Bertz CT molecular complexity index is 1150. The maximum Gasteiger partial charge on any atom is 0.264 e. The molecule has 3 aromatic rings. The molecule has 8 heteroatoms. The highest BCUT2D eigenvalue weighted by atomic mass is 16.5. The first-order valence-electron chi connectivity index (χ1n) is 11.3. The quantitative estimate of drug-likeness (QED) is 0.636. The molecule has 2 fully saturated rings. The average Bonchev–Trinajstić information content (AvgIpc) is 3.25. The lowest BCUT2D eigenvalue weighted by atomic mass is 10.1. The maximum atomic E-state index is 12.9. The third-order valence-electron chi connectivity index (χ3n) is 6.51. The Morgan fingerprint density at radius 3 is 2.69 bits per heavy atom. The molecule has 2 N–H and O–H groups in total. The van der Waals surface area contributed by atoms with Gasteiger partial charge in [0.1, 0.15) is 11.2 Å². The number of rotatable bonds is 5. The number of hydrogen-bond acceptors (Lipinski definition) is 7. The first-order valence-corrected chi connectivity index (χ1v) is 11.3. The van der Waals surface area contributed by atoms with Gasteiger partial charge >= 0.3 is 0 Å². The van der Waals surface area contributed by atoms with Crippen molar-refractivity contribution in [2.45, 2.75) is 25.4 Å². The molecule has 1 aliphatic carbocycles. The van der Waals surface area contributed by atoms with Gasteiger partial charge in [-0.1, -0.05) is 12.1 Å². The van der Waals surface area contributed by atoms with Gasteiger partial charge in [-0.15, -0.1) is 0 Å². The molecule has 32 heavy (non-hydrogen) atoms. The van der Waals surface area contributed by atoms with Gasteiger partial charge in [0.05, 0.1) is 36.9 Å². The molecule has 3 heterocycles. The number of benzene rings is 1. The zero-order valence-electron chi connectivity index (χ0n) is 18.3. The predicted octanol–water partition coefficient (Wildman–Crippen LogP) is 2.41. The summed E-state index contributed by atoms with van der Waals surface area (Å²) in [6.07, 6.45) is 3.92. The first-order chi connectivity index (χ1) is 15.6. The molecule has 1 saturated carbocycles. The van der Waals surface area contributed by atoms with E-state index in [4.69, 9.17) is 9.72 Å². The smallest absolute Gasteiger partial charge is 0.264 e. The summed E-state index contributed by atoms with van der Waals surface area (Å²) in [5.41, 5.74) is 3.43. The summed E-state index contributed by atoms with van der Waals surface area (Å²) in [4.78, 5) is 24.5. The van der Waals surface area contributed by atoms with E-state index in [0.717, 1.165) is 56.8 Å². The number of aromatic nitrogens is 3. The SMILES string of the molecule is Cn1cnc2cc(-c3ccc(N4CCOCC4)cc3)nc(NC[C@H]3CC[C@H](O)C3)c2c1=O. The van der Waals surface area contributed by atoms with Crippen molar-refractivity contribution < 1.29 is 9.84 Å². The van der Waals surface area contributed by atoms with Gasteiger partial charge in [0.2, 0.25) is 0 Å². The minimum atomic E-state index is -0.225. The number of anilines is 2. The second kappa shape index (κ2) is 8.88. The Morgan fingerprint density at radius 1 is 1.19 bits per heavy atom. The van der Waals surface area contributed by atoms with Crippen LogP contribution in [0.3, 0.4) is 0 Å². The number of aliphatic hydroxyl groups excluding tert-OH is 1. The van der Waals surface area contributed by atoms with E-state index in [-0.39, 0.29) is 11.7 Å². The molecule has 1 saturated heterocycles. The average molecular weight is 436 g/mol. The van der Waals surface area contributed by atoms with Gasteiger partial charge in [0.25, 0.3) is 5.56 Å². The number of ether oxygens (including phenoxy) is 1. The number of morpholine rings is 1. The van der Waals surface area contributed by atoms with E-state index in [0.29, 0.717) is 29.2 Å². The van der Waals surface area contributed by atoms with Gasteiger partial charge in [-0.25, -0.2) is 9.97 Å². The summed E-state index contributed by atoms with van der Waals surface area (Å²) in [5.74, 6) is 0.934. The molecule has 0 unspecified atom stereocenters. The number of aliphatic hydroxyl groups is 1. The molecule has 0 spiro atoms. The maximum absolute atomic E-state index is 12.9. The highest BCUT2D eigenvalue weighted by Gasteiger charge is 2.23. The Labute approximate surface area is 186 Å². The molecule has 2 aromatic heterocycles. The second-order valence-corrected chi connectivity index (χ2v) is 8.77. The van der Waals surface area contributed by atoms with E-state index in [1.165, 1.54) is 10.3 Å². The number of hydrogen-bond donors (Lipinski definition) is 2. The fourth-order valence-corrected chi connectivity index (χ4v) is 4.64. The number of fused-ring (bicyclic) bond motifs is 1. The standard InChI is InChI=1S/C24H29N5O3/c1-28-15-26-21-13-20(17-3-5-18(6-4-17)29-8-10-32-11-9-29)27-23(22(21)24(28)31)25-14-16-2-7-19(30)12-16/h3-6,13,15-16,19,30H,2,7-12,14H2,1H3,(H,25,27)/t16-,19-/m0/s1. The highest BCUT2D eigenvalue weighted by Crippen LogP contribution is 2.29. The van der Waals surface area contributed by atoms with Gasteiger partial charge < -0.3 is 24.6 Å². The molecule has 1 aromatic carbocycles.